The third-order valence-electron chi connectivity index (χ3n) is 20.0. The van der Waals surface area contributed by atoms with Crippen LogP contribution in [0.5, 0.6) is 0 Å². The van der Waals surface area contributed by atoms with Crippen molar-refractivity contribution in [1.29, 1.82) is 0 Å². The van der Waals surface area contributed by atoms with Gasteiger partial charge in [-0.2, -0.15) is 17.6 Å². The van der Waals surface area contributed by atoms with Gasteiger partial charge in [-0.15, -0.1) is 0 Å². The number of unbranched alkanes of at least 4 members (excludes halogenated alkanes) is 9. The van der Waals surface area contributed by atoms with E-state index < -0.39 is 51.0 Å². The molecule has 0 radical (unpaired) electrons. The summed E-state index contributed by atoms with van der Waals surface area (Å²) in [6, 6.07) is 14.7. The lowest BCUT2D eigenvalue weighted by Crippen LogP contribution is -2.31. The minimum Gasteiger partial charge on any atom is -0.481 e. The number of hydrogen-bond donors (Lipinski definition) is 5. The summed E-state index contributed by atoms with van der Waals surface area (Å²) >= 11 is 21.0. The van der Waals surface area contributed by atoms with Crippen molar-refractivity contribution in [3.05, 3.63) is 108 Å². The number of fused-ring (bicyclic) bond motifs is 6. The van der Waals surface area contributed by atoms with Crippen molar-refractivity contribution < 1.29 is 70.5 Å². The van der Waals surface area contributed by atoms with Gasteiger partial charge in [-0.1, -0.05) is 65.4 Å². The van der Waals surface area contributed by atoms with E-state index in [2.05, 4.69) is 280 Å². The number of aliphatic imine (C=N–C) groups is 2. The van der Waals surface area contributed by atoms with Crippen molar-refractivity contribution in [3.8, 4) is 0 Å². The lowest BCUT2D eigenvalue weighted by Gasteiger charge is -2.27. The Bertz CT molecular complexity index is 4220. The van der Waals surface area contributed by atoms with Gasteiger partial charge in [0.15, 0.2) is 11.4 Å². The molecule has 5 aromatic rings. The van der Waals surface area contributed by atoms with Crippen LogP contribution in [-0.2, 0) is 51.0 Å². The molecular formula is C73H87F2I9N4O11S+2. The van der Waals surface area contributed by atoms with Crippen LogP contribution in [0, 0.1) is 43.8 Å². The van der Waals surface area contributed by atoms with Crippen LogP contribution >= 0.6 is 203 Å². The van der Waals surface area contributed by atoms with Crippen LogP contribution in [0.4, 0.5) is 31.5 Å². The van der Waals surface area contributed by atoms with Crippen molar-refractivity contribution in [2.75, 3.05) is 18.8 Å². The van der Waals surface area contributed by atoms with Crippen LogP contribution in [0.15, 0.2) is 52.4 Å². The SMILES string of the molecule is CC1=Nc2cc(F)c(I)c(F)c2C1(C)CCCCCC(=O)O.CC1=Nc2ccc3c(I)cc(I)cc3c2C1(C)C.CC1=[N+](CCCCCC(=O)O)c2cc(I)c(I)c(I)c2C1(C)CCCCCC(=O)O.CC1=[N+](CCCCS(=O)(=O)O)c2cc(I)c(I)c(I)c2C1(C)CCCCCC(=O)O. The van der Waals surface area contributed by atoms with E-state index in [4.69, 9.17) is 30.0 Å². The number of hydrogen-bond acceptors (Lipinski definition) is 8. The molecule has 4 aliphatic heterocycles. The molecule has 546 valence electrons. The summed E-state index contributed by atoms with van der Waals surface area (Å²) in [6.45, 7) is 21.0. The van der Waals surface area contributed by atoms with Gasteiger partial charge in [0.25, 0.3) is 10.1 Å². The Morgan fingerprint density at radius 3 is 1.29 bits per heavy atom. The highest BCUT2D eigenvalue weighted by molar-refractivity contribution is 14.1. The largest absolute Gasteiger partial charge is 0.481 e. The molecule has 3 atom stereocenters. The van der Waals surface area contributed by atoms with E-state index in [1.807, 2.05) is 13.8 Å². The number of nitrogens with zero attached hydrogens (tertiary/aromatic N) is 4. The number of carboxylic acids is 4. The Balaban J connectivity index is 0.000000214. The summed E-state index contributed by atoms with van der Waals surface area (Å²) in [7, 11) is -3.93. The Labute approximate surface area is 710 Å². The Hall–Kier alpha value is -0.740. The number of benzene rings is 5. The summed E-state index contributed by atoms with van der Waals surface area (Å²) in [5.41, 5.74) is 12.4. The van der Waals surface area contributed by atoms with Crippen molar-refractivity contribution in [3.63, 3.8) is 0 Å². The summed E-state index contributed by atoms with van der Waals surface area (Å²) in [5.74, 6) is -4.31. The van der Waals surface area contributed by atoms with Gasteiger partial charge in [0.1, 0.15) is 24.7 Å². The third-order valence-corrected chi connectivity index (χ3v) is 33.5. The molecule has 9 rings (SSSR count). The van der Waals surface area contributed by atoms with Gasteiger partial charge in [-0.05, 0) is 323 Å². The lowest BCUT2D eigenvalue weighted by atomic mass is 9.75. The molecule has 0 aromatic heterocycles. The van der Waals surface area contributed by atoms with Crippen LogP contribution in [0.2, 0.25) is 0 Å². The van der Waals surface area contributed by atoms with Gasteiger partial charge in [0, 0.05) is 127 Å². The number of aliphatic carboxylic acids is 4. The molecule has 0 spiro atoms. The molecule has 4 aliphatic rings. The number of rotatable bonds is 29. The molecular weight excluding hydrogens is 2320 g/mol. The summed E-state index contributed by atoms with van der Waals surface area (Å²) < 4.78 is 74.1. The van der Waals surface area contributed by atoms with Crippen molar-refractivity contribution >= 4 is 294 Å². The standard InChI is InChI=1S/C22H28I3NO4.C20H26I3NO5S.C16H18F2INO2.C15H13I2N/c1-14-22(2,11-7-3-5-9-17(27)28)19-16(13-15(23)20(24)21(19)25)26(14)12-8-4-6-10-18(29)30;1-13-20(2,9-5-3-4-8-16(25)26)17-15(12-14(21)18(22)19(17)23)24(13)10-6-7-11-30(27,28)29;1-9-16(2,7-5-3-4-6-12(21)22)13-11(20-9)8-10(17)15(19)14(13)18;1-8-15(2,3)14-11-6-9(16)7-12(17)10(11)4-5-13(14)18-8/h13H,3-12H2,1-2H3,(H-,27,28,29,30);12H,3-11H2,1-2H3,(H-,25,26,27,28,29);8H,3-7H2,1-2H3,(H,21,22);4-7H,1-3H3/p+2. The monoisotopic (exact) mass is 2410 g/mol. The highest BCUT2D eigenvalue weighted by Gasteiger charge is 2.50. The van der Waals surface area contributed by atoms with Crippen LogP contribution in [-0.4, -0.2) is 108 Å². The van der Waals surface area contributed by atoms with E-state index in [-0.39, 0.29) is 51.3 Å². The predicted octanol–water partition coefficient (Wildman–Crippen LogP) is 22.5. The molecule has 5 aromatic carbocycles. The van der Waals surface area contributed by atoms with E-state index in [0.717, 1.165) is 95.0 Å². The highest BCUT2D eigenvalue weighted by Crippen LogP contribution is 2.51. The lowest BCUT2D eigenvalue weighted by molar-refractivity contribution is -0.440. The highest BCUT2D eigenvalue weighted by atomic mass is 127. The van der Waals surface area contributed by atoms with Gasteiger partial charge in [-0.3, -0.25) is 33.7 Å². The maximum atomic E-state index is 14.5. The fourth-order valence-corrected chi connectivity index (χ4v) is 22.2. The number of carbonyl (C=O) groups is 4. The van der Waals surface area contributed by atoms with Gasteiger partial charge < -0.3 is 20.4 Å². The quantitative estimate of drug-likeness (QED) is 0.00993. The second kappa shape index (κ2) is 38.6. The Morgan fingerprint density at radius 1 is 0.450 bits per heavy atom. The Kier molecular flexibility index (Phi) is 34.0. The van der Waals surface area contributed by atoms with Crippen LogP contribution in [0.1, 0.15) is 219 Å². The summed E-state index contributed by atoms with van der Waals surface area (Å²) in [5, 5.41) is 37.9. The average Bonchev–Trinajstić information content (AvgIpc) is 1.57. The normalized spacial score (nSPS) is 18.4. The van der Waals surface area contributed by atoms with Crippen molar-refractivity contribution in [1.82, 2.24) is 0 Å². The summed E-state index contributed by atoms with van der Waals surface area (Å²) in [4.78, 5) is 51.9. The van der Waals surface area contributed by atoms with Crippen molar-refractivity contribution in [2.24, 2.45) is 9.98 Å². The molecule has 0 saturated heterocycles. The molecule has 15 nitrogen and oxygen atoms in total. The second-order valence-corrected chi connectivity index (χ2v) is 38.8. The van der Waals surface area contributed by atoms with Gasteiger partial charge in [0.05, 0.1) is 42.7 Å². The van der Waals surface area contributed by atoms with E-state index in [0.29, 0.717) is 49.9 Å². The molecule has 0 saturated carbocycles. The van der Waals surface area contributed by atoms with Crippen molar-refractivity contribution in [2.45, 2.75) is 219 Å². The van der Waals surface area contributed by atoms with Gasteiger partial charge in [0.2, 0.25) is 11.4 Å². The average molecular weight is 2410 g/mol. The van der Waals surface area contributed by atoms with Crippen LogP contribution in [0.3, 0.4) is 0 Å². The summed E-state index contributed by atoms with van der Waals surface area (Å²) in [6.07, 6.45) is 14.5. The van der Waals surface area contributed by atoms with Crippen LogP contribution in [0.25, 0.3) is 10.8 Å². The van der Waals surface area contributed by atoms with E-state index >= 15 is 0 Å². The zero-order chi connectivity index (χ0) is 74.7. The molecule has 0 amide bonds. The molecule has 27 heteroatoms. The van der Waals surface area contributed by atoms with Crippen LogP contribution < -0.4 is 0 Å². The zero-order valence-corrected chi connectivity index (χ0v) is 77.8. The fourth-order valence-electron chi connectivity index (χ4n) is 13.8. The maximum Gasteiger partial charge on any atom is 0.303 e. The first-order valence-corrected chi connectivity index (χ1v) is 44.6. The molecule has 0 aliphatic carbocycles. The predicted molar refractivity (Wildman–Crippen MR) is 473 cm³/mol. The molecule has 3 unspecified atom stereocenters. The fraction of sp³-hybridized carbons (Fsp3) is 0.507. The molecule has 0 bridgehead atoms. The molecule has 100 heavy (non-hydrogen) atoms. The maximum absolute atomic E-state index is 14.5. The molecule has 0 fully saturated rings. The van der Waals surface area contributed by atoms with E-state index in [9.17, 15) is 36.4 Å². The number of carboxylic acid groups (broad SMARTS) is 4. The molecule has 4 heterocycles. The zero-order valence-electron chi connectivity index (χ0n) is 57.6. The first-order chi connectivity index (χ1) is 46.7. The second-order valence-electron chi connectivity index (χ2n) is 27.1. The first kappa shape index (κ1) is 88.2. The molecule has 5 N–H and O–H groups in total. The smallest absolute Gasteiger partial charge is 0.303 e. The van der Waals surface area contributed by atoms with Gasteiger partial charge in [-0.25, -0.2) is 8.78 Å². The topological polar surface area (TPSA) is 234 Å². The van der Waals surface area contributed by atoms with E-state index in [1.165, 1.54) is 90.6 Å². The minimum atomic E-state index is -3.93. The van der Waals surface area contributed by atoms with E-state index in [1.54, 1.807) is 22.6 Å². The Morgan fingerprint density at radius 2 is 0.860 bits per heavy atom. The third kappa shape index (κ3) is 21.8. The van der Waals surface area contributed by atoms with Gasteiger partial charge >= 0.3 is 23.9 Å². The number of halogens is 11. The first-order valence-electron chi connectivity index (χ1n) is 33.3. The minimum absolute atomic E-state index is 0.00153.